The van der Waals surface area contributed by atoms with Crippen molar-refractivity contribution in [3.8, 4) is 5.75 Å². The number of rotatable bonds is 9. The number of piperazine rings is 1. The van der Waals surface area contributed by atoms with E-state index < -0.39 is 14.9 Å². The Bertz CT molecular complexity index is 1260. The highest BCUT2D eigenvalue weighted by molar-refractivity contribution is 7.89. The number of benzene rings is 2. The van der Waals surface area contributed by atoms with E-state index in [9.17, 15) is 18.5 Å². The van der Waals surface area contributed by atoms with Crippen LogP contribution in [0.5, 0.6) is 5.75 Å². The number of nitro benzene ring substituents is 1. The summed E-state index contributed by atoms with van der Waals surface area (Å²) >= 11 is 0. The molecule has 0 spiro atoms. The second kappa shape index (κ2) is 10.8. The summed E-state index contributed by atoms with van der Waals surface area (Å²) in [6.45, 7) is 3.43. The monoisotopic (exact) mass is 497 g/mol. The topological polar surface area (TPSA) is 118 Å². The smallest absolute Gasteiger partial charge is 0.293 e. The van der Waals surface area contributed by atoms with E-state index in [0.717, 1.165) is 37.0 Å². The summed E-state index contributed by atoms with van der Waals surface area (Å²) in [6, 6.07) is 17.1. The van der Waals surface area contributed by atoms with E-state index in [2.05, 4.69) is 14.6 Å². The van der Waals surface area contributed by atoms with E-state index in [1.165, 1.54) is 12.1 Å². The molecule has 0 atom stereocenters. The third-order valence-electron chi connectivity index (χ3n) is 5.90. The van der Waals surface area contributed by atoms with Gasteiger partial charge in [0.2, 0.25) is 10.0 Å². The van der Waals surface area contributed by atoms with Gasteiger partial charge >= 0.3 is 0 Å². The third kappa shape index (κ3) is 6.13. The molecule has 1 saturated heterocycles. The first-order valence-electron chi connectivity index (χ1n) is 11.1. The fraction of sp³-hybridized carbons (Fsp3) is 0.292. The molecule has 1 aliphatic heterocycles. The summed E-state index contributed by atoms with van der Waals surface area (Å²) in [7, 11) is -2.31. The lowest BCUT2D eigenvalue weighted by molar-refractivity contribution is -0.384. The molecule has 1 aliphatic rings. The number of nitro groups is 1. The Kier molecular flexibility index (Phi) is 7.59. The van der Waals surface area contributed by atoms with E-state index in [-0.39, 0.29) is 17.1 Å². The zero-order valence-corrected chi connectivity index (χ0v) is 20.1. The number of methoxy groups -OCH3 is 1. The predicted molar refractivity (Wildman–Crippen MR) is 132 cm³/mol. The van der Waals surface area contributed by atoms with Crippen molar-refractivity contribution in [2.75, 3.05) is 38.2 Å². The summed E-state index contributed by atoms with van der Waals surface area (Å²) in [5.41, 5.74) is 1.91. The number of pyridine rings is 1. The highest BCUT2D eigenvalue weighted by Crippen LogP contribution is 2.31. The molecule has 0 amide bonds. The van der Waals surface area contributed by atoms with Crippen molar-refractivity contribution in [1.82, 2.24) is 14.6 Å². The third-order valence-corrected chi connectivity index (χ3v) is 7.30. The number of nitrogens with one attached hydrogen (secondary N) is 1. The number of aromatic nitrogens is 1. The van der Waals surface area contributed by atoms with Gasteiger partial charge in [0.25, 0.3) is 5.69 Å². The van der Waals surface area contributed by atoms with Crippen LogP contribution in [0.15, 0.2) is 71.8 Å². The predicted octanol–water partition coefficient (Wildman–Crippen LogP) is 2.80. The Hall–Kier alpha value is -3.54. The van der Waals surface area contributed by atoms with E-state index in [1.807, 2.05) is 29.2 Å². The Labute approximate surface area is 204 Å². The molecule has 3 aromatic rings. The molecule has 2 heterocycles. The first-order chi connectivity index (χ1) is 16.9. The van der Waals surface area contributed by atoms with Crippen LogP contribution in [-0.4, -0.2) is 56.5 Å². The molecule has 1 N–H and O–H groups in total. The molecular formula is C24H27N5O5S. The normalized spacial score (nSPS) is 14.6. The zero-order valence-electron chi connectivity index (χ0n) is 19.3. The van der Waals surface area contributed by atoms with E-state index in [1.54, 1.807) is 31.5 Å². The average molecular weight is 498 g/mol. The Morgan fingerprint density at radius 3 is 2.43 bits per heavy atom. The summed E-state index contributed by atoms with van der Waals surface area (Å²) in [5, 5.41) is 11.8. The lowest BCUT2D eigenvalue weighted by Crippen LogP contribution is -2.46. The van der Waals surface area contributed by atoms with Gasteiger partial charge in [-0.2, -0.15) is 0 Å². The van der Waals surface area contributed by atoms with Gasteiger partial charge in [-0.05, 0) is 42.0 Å². The molecule has 1 fully saturated rings. The highest BCUT2D eigenvalue weighted by Gasteiger charge is 2.26. The number of sulfonamides is 1. The average Bonchev–Trinajstić information content (AvgIpc) is 2.89. The van der Waals surface area contributed by atoms with Crippen molar-refractivity contribution in [3.05, 3.63) is 88.2 Å². The first kappa shape index (κ1) is 24.6. The van der Waals surface area contributed by atoms with Crippen LogP contribution in [0.4, 0.5) is 11.4 Å². The van der Waals surface area contributed by atoms with Crippen LogP contribution in [0.1, 0.15) is 11.3 Å². The lowest BCUT2D eigenvalue weighted by Gasteiger charge is -2.35. The second-order valence-electron chi connectivity index (χ2n) is 8.16. The summed E-state index contributed by atoms with van der Waals surface area (Å²) in [4.78, 5) is 19.4. The Balaban J connectivity index is 1.43. The van der Waals surface area contributed by atoms with Gasteiger partial charge in [0.1, 0.15) is 11.4 Å². The number of hydrogen-bond donors (Lipinski definition) is 1. The molecule has 184 valence electrons. The molecule has 0 unspecified atom stereocenters. The van der Waals surface area contributed by atoms with Crippen molar-refractivity contribution in [3.63, 3.8) is 0 Å². The van der Waals surface area contributed by atoms with Crippen LogP contribution >= 0.6 is 0 Å². The van der Waals surface area contributed by atoms with Crippen LogP contribution in [0.3, 0.4) is 0 Å². The molecule has 2 aromatic carbocycles. The van der Waals surface area contributed by atoms with E-state index in [4.69, 9.17) is 4.74 Å². The number of ether oxygens (including phenoxy) is 1. The quantitative estimate of drug-likeness (QED) is 0.354. The van der Waals surface area contributed by atoms with Crippen LogP contribution < -0.4 is 14.4 Å². The van der Waals surface area contributed by atoms with Crippen LogP contribution in [-0.2, 0) is 23.1 Å². The van der Waals surface area contributed by atoms with Crippen molar-refractivity contribution in [2.24, 2.45) is 0 Å². The maximum Gasteiger partial charge on any atom is 0.293 e. The maximum absolute atomic E-state index is 12.7. The minimum Gasteiger partial charge on any atom is -0.497 e. The fourth-order valence-electron chi connectivity index (χ4n) is 3.98. The van der Waals surface area contributed by atoms with Crippen LogP contribution in [0.2, 0.25) is 0 Å². The van der Waals surface area contributed by atoms with Crippen molar-refractivity contribution < 1.29 is 18.1 Å². The molecule has 0 aliphatic carbocycles. The highest BCUT2D eigenvalue weighted by atomic mass is 32.2. The van der Waals surface area contributed by atoms with Gasteiger partial charge in [-0.3, -0.25) is 20.0 Å². The van der Waals surface area contributed by atoms with Crippen molar-refractivity contribution in [1.29, 1.82) is 0 Å². The summed E-state index contributed by atoms with van der Waals surface area (Å²) < 4.78 is 33.1. The van der Waals surface area contributed by atoms with Gasteiger partial charge < -0.3 is 9.64 Å². The minimum atomic E-state index is -3.94. The van der Waals surface area contributed by atoms with Gasteiger partial charge in [0.15, 0.2) is 0 Å². The largest absolute Gasteiger partial charge is 0.497 e. The molecule has 10 nitrogen and oxygen atoms in total. The molecule has 1 aromatic heterocycles. The Morgan fingerprint density at radius 1 is 1.06 bits per heavy atom. The fourth-order valence-corrected chi connectivity index (χ4v) is 4.99. The lowest BCUT2D eigenvalue weighted by atomic mass is 10.1. The van der Waals surface area contributed by atoms with E-state index in [0.29, 0.717) is 24.5 Å². The zero-order chi connectivity index (χ0) is 24.8. The molecule has 0 radical (unpaired) electrons. The Morgan fingerprint density at radius 2 is 1.80 bits per heavy atom. The van der Waals surface area contributed by atoms with Gasteiger partial charge in [-0.1, -0.05) is 18.2 Å². The summed E-state index contributed by atoms with van der Waals surface area (Å²) in [6.07, 6.45) is 1.57. The number of nitrogens with zero attached hydrogens (tertiary/aromatic N) is 4. The van der Waals surface area contributed by atoms with E-state index >= 15 is 0 Å². The molecule has 4 rings (SSSR count). The van der Waals surface area contributed by atoms with Gasteiger partial charge in [0.05, 0.1) is 29.2 Å². The number of hydrogen-bond acceptors (Lipinski definition) is 8. The molecule has 35 heavy (non-hydrogen) atoms. The van der Waals surface area contributed by atoms with Gasteiger partial charge in [-0.25, -0.2) is 13.1 Å². The van der Waals surface area contributed by atoms with Crippen molar-refractivity contribution in [2.45, 2.75) is 18.0 Å². The van der Waals surface area contributed by atoms with Crippen LogP contribution in [0.25, 0.3) is 0 Å². The van der Waals surface area contributed by atoms with Crippen molar-refractivity contribution >= 4 is 21.4 Å². The van der Waals surface area contributed by atoms with Gasteiger partial charge in [-0.15, -0.1) is 0 Å². The standard InChI is InChI=1S/C24H27N5O5S/c1-34-21-7-5-19(6-8-21)18-27-12-14-28(15-13-27)23-10-9-22(16-24(23)29(30)31)35(32,33)26-17-20-4-2-3-11-25-20/h2-11,16,26H,12-15,17-18H2,1H3. The first-order valence-corrected chi connectivity index (χ1v) is 12.6. The SMILES string of the molecule is COc1ccc(CN2CCN(c3ccc(S(=O)(=O)NCc4ccccn4)cc3[N+](=O)[O-])CC2)cc1. The molecular weight excluding hydrogens is 470 g/mol. The van der Waals surface area contributed by atoms with Gasteiger partial charge in [0, 0.05) is 45.0 Å². The second-order valence-corrected chi connectivity index (χ2v) is 9.93. The molecule has 0 saturated carbocycles. The number of anilines is 1. The summed E-state index contributed by atoms with van der Waals surface area (Å²) in [5.74, 6) is 0.809. The molecule has 11 heteroatoms. The minimum absolute atomic E-state index is 0.00508. The maximum atomic E-state index is 12.7. The molecule has 0 bridgehead atoms. The van der Waals surface area contributed by atoms with Crippen LogP contribution in [0, 0.1) is 10.1 Å².